The summed E-state index contributed by atoms with van der Waals surface area (Å²) < 4.78 is 0. The lowest BCUT2D eigenvalue weighted by Gasteiger charge is -2.25. The molecule has 0 aliphatic carbocycles. The van der Waals surface area contributed by atoms with Crippen LogP contribution in [-0.2, 0) is 11.2 Å². The number of nitrogens with zero attached hydrogens (tertiary/aromatic N) is 2. The molecule has 3 aromatic carbocycles. The van der Waals surface area contributed by atoms with Crippen LogP contribution in [0.3, 0.4) is 0 Å². The molecule has 5 rings (SSSR count). The number of aromatic nitrogens is 1. The van der Waals surface area contributed by atoms with Crippen molar-refractivity contribution in [2.45, 2.75) is 31.7 Å². The summed E-state index contributed by atoms with van der Waals surface area (Å²) in [6.45, 7) is 1.34. The number of aromatic amines is 1. The maximum Gasteiger partial charge on any atom is 0.252 e. The molecule has 172 valence electrons. The van der Waals surface area contributed by atoms with E-state index < -0.39 is 6.04 Å². The number of para-hydroxylation sites is 2. The molecule has 0 radical (unpaired) electrons. The molecule has 5 nitrogen and oxygen atoms in total. The van der Waals surface area contributed by atoms with Crippen LogP contribution in [0, 0.1) is 0 Å². The van der Waals surface area contributed by atoms with Crippen molar-refractivity contribution in [2.75, 3.05) is 18.0 Å². The molecule has 0 bridgehead atoms. The lowest BCUT2D eigenvalue weighted by Crippen LogP contribution is -2.39. The van der Waals surface area contributed by atoms with Crippen molar-refractivity contribution < 1.29 is 4.79 Å². The highest BCUT2D eigenvalue weighted by molar-refractivity contribution is 6.20. The Morgan fingerprint density at radius 1 is 0.882 bits per heavy atom. The summed E-state index contributed by atoms with van der Waals surface area (Å²) in [4.78, 5) is 24.4. The Kier molecular flexibility index (Phi) is 6.54. The van der Waals surface area contributed by atoms with Gasteiger partial charge in [0.25, 0.3) is 5.91 Å². The van der Waals surface area contributed by atoms with E-state index in [9.17, 15) is 4.79 Å². The molecule has 1 amide bonds. The number of unbranched alkanes of at least 4 members (excludes halogenated alkanes) is 2. The van der Waals surface area contributed by atoms with Crippen LogP contribution >= 0.6 is 0 Å². The minimum Gasteiger partial charge on any atom is -0.361 e. The van der Waals surface area contributed by atoms with Crippen LogP contribution in [-0.4, -0.2) is 35.7 Å². The lowest BCUT2D eigenvalue weighted by molar-refractivity contribution is -0.119. The van der Waals surface area contributed by atoms with E-state index in [0.29, 0.717) is 19.5 Å². The number of benzodiazepines with no additional fused rings is 1. The second-order valence-electron chi connectivity index (χ2n) is 8.78. The van der Waals surface area contributed by atoms with E-state index in [1.807, 2.05) is 59.6 Å². The smallest absolute Gasteiger partial charge is 0.252 e. The third-order valence-electron chi connectivity index (χ3n) is 6.51. The van der Waals surface area contributed by atoms with Crippen LogP contribution in [0.2, 0.25) is 0 Å². The number of fused-ring (bicyclic) bond motifs is 2. The Morgan fingerprint density at radius 3 is 2.50 bits per heavy atom. The highest BCUT2D eigenvalue weighted by atomic mass is 16.2. The molecule has 0 saturated heterocycles. The molecule has 3 N–H and O–H groups in total. The second-order valence-corrected chi connectivity index (χ2v) is 8.78. The van der Waals surface area contributed by atoms with Crippen molar-refractivity contribution in [1.29, 1.82) is 0 Å². The minimum absolute atomic E-state index is 0.0522. The summed E-state index contributed by atoms with van der Waals surface area (Å²) in [6.07, 6.45) is 5.44. The van der Waals surface area contributed by atoms with Crippen molar-refractivity contribution in [3.8, 4) is 0 Å². The summed E-state index contributed by atoms with van der Waals surface area (Å²) in [5.74, 6) is 0.0522. The number of hydrogen-bond donors (Lipinski definition) is 2. The number of H-pyrrole nitrogens is 1. The molecule has 0 spiro atoms. The molecule has 1 atom stereocenters. The number of rotatable bonds is 8. The van der Waals surface area contributed by atoms with Gasteiger partial charge in [0.05, 0.1) is 11.4 Å². The predicted molar refractivity (Wildman–Crippen MR) is 140 cm³/mol. The Hall–Kier alpha value is -3.70. The van der Waals surface area contributed by atoms with Crippen molar-refractivity contribution in [1.82, 2.24) is 4.98 Å². The first-order valence-corrected chi connectivity index (χ1v) is 12.1. The Morgan fingerprint density at radius 2 is 1.65 bits per heavy atom. The number of benzene rings is 3. The van der Waals surface area contributed by atoms with Gasteiger partial charge in [-0.2, -0.15) is 0 Å². The SMILES string of the molecule is NCCCCCN1C(=O)C(Cc2c[nH]c3ccccc23)N=C(c2ccccc2)c2ccccc21. The second kappa shape index (κ2) is 10.1. The number of nitrogens with one attached hydrogen (secondary N) is 1. The van der Waals surface area contributed by atoms with Gasteiger partial charge in [-0.05, 0) is 37.1 Å². The van der Waals surface area contributed by atoms with Gasteiger partial charge in [-0.25, -0.2) is 0 Å². The zero-order valence-corrected chi connectivity index (χ0v) is 19.3. The molecule has 1 unspecified atom stereocenters. The van der Waals surface area contributed by atoms with Gasteiger partial charge in [0, 0.05) is 41.2 Å². The van der Waals surface area contributed by atoms with Crippen LogP contribution in [0.5, 0.6) is 0 Å². The van der Waals surface area contributed by atoms with Crippen molar-refractivity contribution in [2.24, 2.45) is 10.7 Å². The molecule has 1 aliphatic heterocycles. The van der Waals surface area contributed by atoms with E-state index in [1.165, 1.54) is 0 Å². The third-order valence-corrected chi connectivity index (χ3v) is 6.51. The largest absolute Gasteiger partial charge is 0.361 e. The van der Waals surface area contributed by atoms with Gasteiger partial charge in [0.2, 0.25) is 0 Å². The first-order valence-electron chi connectivity index (χ1n) is 12.1. The predicted octanol–water partition coefficient (Wildman–Crippen LogP) is 5.09. The zero-order valence-electron chi connectivity index (χ0n) is 19.3. The Balaban J connectivity index is 1.58. The molecule has 2 heterocycles. The average molecular weight is 451 g/mol. The van der Waals surface area contributed by atoms with Crippen LogP contribution in [0.15, 0.2) is 90.1 Å². The minimum atomic E-state index is -0.503. The fourth-order valence-electron chi connectivity index (χ4n) is 4.78. The fraction of sp³-hybridized carbons (Fsp3) is 0.241. The summed E-state index contributed by atoms with van der Waals surface area (Å²) in [5.41, 5.74) is 11.7. The number of aliphatic imine (C=N–C) groups is 1. The maximum atomic E-state index is 14.0. The van der Waals surface area contributed by atoms with Crippen LogP contribution < -0.4 is 10.6 Å². The van der Waals surface area contributed by atoms with Gasteiger partial charge in [-0.15, -0.1) is 0 Å². The molecule has 0 saturated carbocycles. The Labute approximate surface area is 200 Å². The Bertz CT molecular complexity index is 1310. The maximum absolute atomic E-state index is 14.0. The van der Waals surface area contributed by atoms with Crippen molar-refractivity contribution in [3.63, 3.8) is 0 Å². The molecule has 1 aliphatic rings. The molecule has 34 heavy (non-hydrogen) atoms. The van der Waals surface area contributed by atoms with Crippen LogP contribution in [0.1, 0.15) is 36.0 Å². The van der Waals surface area contributed by atoms with Crippen LogP contribution in [0.25, 0.3) is 10.9 Å². The van der Waals surface area contributed by atoms with Crippen molar-refractivity contribution >= 4 is 28.2 Å². The quantitative estimate of drug-likeness (QED) is 0.367. The van der Waals surface area contributed by atoms with E-state index in [1.54, 1.807) is 0 Å². The van der Waals surface area contributed by atoms with E-state index in [2.05, 4.69) is 35.3 Å². The monoisotopic (exact) mass is 450 g/mol. The number of carbonyl (C=O) groups excluding carboxylic acids is 1. The number of anilines is 1. The van der Waals surface area contributed by atoms with Gasteiger partial charge in [0.15, 0.2) is 0 Å². The molecule has 4 aromatic rings. The summed E-state index contributed by atoms with van der Waals surface area (Å²) in [7, 11) is 0. The number of nitrogens with two attached hydrogens (primary N) is 1. The molecule has 1 aromatic heterocycles. The van der Waals surface area contributed by atoms with Crippen LogP contribution in [0.4, 0.5) is 5.69 Å². The third kappa shape index (κ3) is 4.39. The highest BCUT2D eigenvalue weighted by Crippen LogP contribution is 2.31. The normalized spacial score (nSPS) is 15.8. The summed E-state index contributed by atoms with van der Waals surface area (Å²) in [6, 6.07) is 26.0. The van der Waals surface area contributed by atoms with Gasteiger partial charge in [0.1, 0.15) is 6.04 Å². The van der Waals surface area contributed by atoms with Gasteiger partial charge in [-0.1, -0.05) is 73.2 Å². The average Bonchev–Trinajstić information content (AvgIpc) is 3.25. The molecular formula is C29H30N4O. The molecule has 5 heteroatoms. The zero-order chi connectivity index (χ0) is 23.3. The summed E-state index contributed by atoms with van der Waals surface area (Å²) in [5, 5.41) is 1.14. The summed E-state index contributed by atoms with van der Waals surface area (Å²) >= 11 is 0. The number of amides is 1. The van der Waals surface area contributed by atoms with Gasteiger partial charge in [-0.3, -0.25) is 9.79 Å². The van der Waals surface area contributed by atoms with E-state index in [0.717, 1.165) is 58.3 Å². The first kappa shape index (κ1) is 22.1. The standard InChI is InChI=1S/C29H30N4O/c30-17-9-2-10-18-33-27-16-8-6-14-24(27)28(21-11-3-1-4-12-21)32-26(29(33)34)19-22-20-31-25-15-7-5-13-23(22)25/h1,3-8,11-16,20,26,31H,2,9-10,17-19,30H2. The van der Waals surface area contributed by atoms with Gasteiger partial charge >= 0.3 is 0 Å². The van der Waals surface area contributed by atoms with Gasteiger partial charge < -0.3 is 15.6 Å². The van der Waals surface area contributed by atoms with E-state index in [4.69, 9.17) is 10.7 Å². The first-order chi connectivity index (χ1) is 16.8. The lowest BCUT2D eigenvalue weighted by atomic mass is 10.00. The molecular weight excluding hydrogens is 420 g/mol. The number of hydrogen-bond acceptors (Lipinski definition) is 3. The van der Waals surface area contributed by atoms with E-state index in [-0.39, 0.29) is 5.91 Å². The van der Waals surface area contributed by atoms with Crippen molar-refractivity contribution in [3.05, 3.63) is 102 Å². The number of carbonyl (C=O) groups is 1. The topological polar surface area (TPSA) is 74.5 Å². The highest BCUT2D eigenvalue weighted by Gasteiger charge is 2.32. The van der Waals surface area contributed by atoms with E-state index >= 15 is 0 Å². The fourth-order valence-corrected chi connectivity index (χ4v) is 4.78. The molecule has 0 fully saturated rings.